The van der Waals surface area contributed by atoms with Crippen LogP contribution >= 0.6 is 11.8 Å². The van der Waals surface area contributed by atoms with Crippen molar-refractivity contribution in [3.05, 3.63) is 30.1 Å². The van der Waals surface area contributed by atoms with Crippen LogP contribution in [-0.2, 0) is 58.8 Å². The van der Waals surface area contributed by atoms with Gasteiger partial charge in [0, 0.05) is 81.6 Å². The molecule has 5 heterocycles. The largest absolute Gasteiger partial charge is 0.458 e. The molecule has 4 aliphatic heterocycles. The Hall–Kier alpha value is -2.29. The maximum atomic E-state index is 15.0. The number of hydrogen-bond donors (Lipinski definition) is 3. The Morgan fingerprint density at radius 3 is 2.18 bits per heavy atom. The quantitative estimate of drug-likeness (QED) is 0.174. The summed E-state index contributed by atoms with van der Waals surface area (Å²) in [6.45, 7) is 19.5. The van der Waals surface area contributed by atoms with E-state index in [1.54, 1.807) is 47.2 Å². The van der Waals surface area contributed by atoms with Crippen LogP contribution in [0.4, 0.5) is 0 Å². The number of hydrogen-bond acceptors (Lipinski definition) is 17. The van der Waals surface area contributed by atoms with E-state index in [-0.39, 0.29) is 30.8 Å². The first kappa shape index (κ1) is 53.7. The highest BCUT2D eigenvalue weighted by atomic mass is 32.2. The molecule has 2 unspecified atom stereocenters. The number of Topliss-reactive ketones (excluding diaryl/α,β-unsaturated/α-hetero) is 1. The van der Waals surface area contributed by atoms with Gasteiger partial charge in [-0.2, -0.15) is 0 Å². The van der Waals surface area contributed by atoms with Crippen LogP contribution in [0.1, 0.15) is 100 Å². The SMILES string of the molecule is CC[C@H]1OC(=O)[C@H](C)[C@@H](O[C@H]2C[C@@](C)(OC)[C@@H](O)[C@@H](C)O2)[C@H](C)[C@@H](O[C@@H]2O[C@H](C)C[C@H](N(C)C)[C@H]2O)[C@](C)(OC)C[C@@H](C)C(=O)[C@H](C)C2C(SCCNCc3ccncc3)C(=O)O[C@@]21C. The first-order valence-corrected chi connectivity index (χ1v) is 24.5. The van der Waals surface area contributed by atoms with Crippen molar-refractivity contribution >= 4 is 29.5 Å². The number of ketones is 1. The monoisotopic (exact) mass is 938 g/mol. The molecule has 19 atom stereocenters. The smallest absolute Gasteiger partial charge is 0.320 e. The lowest BCUT2D eigenvalue weighted by Gasteiger charge is -2.50. The molecule has 4 aliphatic rings. The zero-order valence-corrected chi connectivity index (χ0v) is 42.0. The fraction of sp³-hybridized carbons (Fsp3) is 0.833. The summed E-state index contributed by atoms with van der Waals surface area (Å²) in [6.07, 6.45) is -3.24. The molecule has 0 aromatic carbocycles. The van der Waals surface area contributed by atoms with Crippen LogP contribution in [0.15, 0.2) is 24.5 Å². The van der Waals surface area contributed by atoms with Gasteiger partial charge in [-0.15, -0.1) is 11.8 Å². The molecule has 0 bridgehead atoms. The number of esters is 2. The summed E-state index contributed by atoms with van der Waals surface area (Å²) in [7, 11) is 6.88. The van der Waals surface area contributed by atoms with Crippen molar-refractivity contribution in [2.75, 3.05) is 40.6 Å². The van der Waals surface area contributed by atoms with Crippen molar-refractivity contribution in [2.45, 2.75) is 185 Å². The highest BCUT2D eigenvalue weighted by molar-refractivity contribution is 8.00. The van der Waals surface area contributed by atoms with Gasteiger partial charge in [-0.3, -0.25) is 19.4 Å². The molecule has 0 spiro atoms. The van der Waals surface area contributed by atoms with E-state index in [1.165, 1.54) is 18.9 Å². The number of carbonyl (C=O) groups excluding carboxylic acids is 3. The van der Waals surface area contributed by atoms with Gasteiger partial charge in [0.05, 0.1) is 41.5 Å². The Balaban J connectivity index is 1.57. The molecule has 1 aromatic rings. The summed E-state index contributed by atoms with van der Waals surface area (Å²) in [6, 6.07) is 3.59. The first-order valence-electron chi connectivity index (χ1n) is 23.5. The highest BCUT2D eigenvalue weighted by Crippen LogP contribution is 2.49. The second-order valence-electron chi connectivity index (χ2n) is 19.9. The highest BCUT2D eigenvalue weighted by Gasteiger charge is 2.62. The van der Waals surface area contributed by atoms with Gasteiger partial charge in [-0.05, 0) is 92.6 Å². The number of aliphatic hydroxyl groups excluding tert-OH is 2. The van der Waals surface area contributed by atoms with Crippen molar-refractivity contribution in [3.63, 3.8) is 0 Å². The fourth-order valence-corrected chi connectivity index (χ4v) is 12.3. The van der Waals surface area contributed by atoms with Crippen LogP contribution < -0.4 is 5.32 Å². The summed E-state index contributed by atoms with van der Waals surface area (Å²) in [4.78, 5) is 50.0. The number of aromatic nitrogens is 1. The minimum Gasteiger partial charge on any atom is -0.458 e. The van der Waals surface area contributed by atoms with Gasteiger partial charge in [0.25, 0.3) is 0 Å². The average Bonchev–Trinajstić information content (AvgIpc) is 3.53. The minimum atomic E-state index is -1.35. The molecule has 4 saturated heterocycles. The molecule has 0 radical (unpaired) electrons. The van der Waals surface area contributed by atoms with Crippen molar-refractivity contribution in [1.82, 2.24) is 15.2 Å². The lowest BCUT2D eigenvalue weighted by atomic mass is 9.70. The number of cyclic esters (lactones) is 1. The molecule has 4 fully saturated rings. The van der Waals surface area contributed by atoms with Crippen molar-refractivity contribution in [2.24, 2.45) is 29.6 Å². The summed E-state index contributed by atoms with van der Waals surface area (Å²) >= 11 is 1.44. The van der Waals surface area contributed by atoms with Crippen LogP contribution in [0.2, 0.25) is 0 Å². The maximum Gasteiger partial charge on any atom is 0.320 e. The summed E-state index contributed by atoms with van der Waals surface area (Å²) in [5, 5.41) is 25.6. The van der Waals surface area contributed by atoms with Crippen LogP contribution in [0.25, 0.3) is 0 Å². The van der Waals surface area contributed by atoms with E-state index in [0.717, 1.165) is 5.56 Å². The number of thioether (sulfide) groups is 1. The molecule has 16 nitrogen and oxygen atoms in total. The van der Waals surface area contributed by atoms with Crippen LogP contribution in [0.3, 0.4) is 0 Å². The van der Waals surface area contributed by atoms with E-state index < -0.39 is 113 Å². The minimum absolute atomic E-state index is 0.104. The summed E-state index contributed by atoms with van der Waals surface area (Å²) in [5.74, 6) is -4.30. The number of nitrogens with one attached hydrogen (secondary N) is 1. The van der Waals surface area contributed by atoms with Gasteiger partial charge < -0.3 is 58.3 Å². The number of aliphatic hydroxyl groups is 2. The summed E-state index contributed by atoms with van der Waals surface area (Å²) < 4.78 is 51.6. The average molecular weight is 938 g/mol. The number of ether oxygens (including phenoxy) is 8. The van der Waals surface area contributed by atoms with Crippen molar-refractivity contribution in [1.29, 1.82) is 0 Å². The van der Waals surface area contributed by atoms with Gasteiger partial charge >= 0.3 is 11.9 Å². The molecule has 3 N–H and O–H groups in total. The number of likely N-dealkylation sites (N-methyl/N-ethyl adjacent to an activating group) is 1. The summed E-state index contributed by atoms with van der Waals surface area (Å²) in [5.41, 5.74) is -2.55. The lowest BCUT2D eigenvalue weighted by Crippen LogP contribution is -2.61. The fourth-order valence-electron chi connectivity index (χ4n) is 10.9. The predicted octanol–water partition coefficient (Wildman–Crippen LogP) is 4.55. The normalized spacial score (nSPS) is 43.4. The molecular weight excluding hydrogens is 859 g/mol. The third-order valence-corrected chi connectivity index (χ3v) is 16.2. The Bertz CT molecular complexity index is 1730. The standard InChI is InChI=1S/C48H79N3O13S/c1-15-34-48(10)36(40(44(56)64-48)65-21-20-50-25-32-16-18-49-19-17-32)28(4)37(52)26(2)23-47(9,58-14)42(63-45-38(53)33(51(11)12)22-27(3)59-45)29(5)39(30(6)43(55)61-34)62-35-24-46(8,57-13)41(54)31(7)60-35/h16-19,26-31,33-36,38-42,45,50,53-54H,15,20-25H2,1-14H3/t26-,27-,28-,29+,30-,31-,33+,34-,35+,36?,38-,39+,40?,41+,42-,45+,46-,47-,48-/m1/s1. The van der Waals surface area contributed by atoms with E-state index in [2.05, 4.69) is 10.3 Å². The van der Waals surface area contributed by atoms with Crippen LogP contribution in [0.5, 0.6) is 0 Å². The van der Waals surface area contributed by atoms with Gasteiger partial charge in [-0.25, -0.2) is 0 Å². The molecular formula is C48H79N3O13S. The van der Waals surface area contributed by atoms with Gasteiger partial charge in [0.2, 0.25) is 0 Å². The zero-order chi connectivity index (χ0) is 48.2. The zero-order valence-electron chi connectivity index (χ0n) is 41.2. The van der Waals surface area contributed by atoms with Crippen molar-refractivity contribution in [3.8, 4) is 0 Å². The number of methoxy groups -OCH3 is 2. The van der Waals surface area contributed by atoms with Gasteiger partial charge in [0.1, 0.15) is 29.3 Å². The topological polar surface area (TPSA) is 194 Å². The molecule has 1 aromatic heterocycles. The molecule has 0 saturated carbocycles. The molecule has 0 aliphatic carbocycles. The second-order valence-corrected chi connectivity index (χ2v) is 21.2. The van der Waals surface area contributed by atoms with Crippen molar-refractivity contribution < 1.29 is 62.5 Å². The number of pyridine rings is 1. The van der Waals surface area contributed by atoms with E-state index in [0.29, 0.717) is 31.7 Å². The third kappa shape index (κ3) is 11.8. The Labute approximate surface area is 391 Å². The second kappa shape index (κ2) is 22.4. The lowest BCUT2D eigenvalue weighted by molar-refractivity contribution is -0.319. The number of nitrogens with zero attached hydrogens (tertiary/aromatic N) is 2. The number of rotatable bonds is 14. The van der Waals surface area contributed by atoms with E-state index in [4.69, 9.17) is 37.9 Å². The van der Waals surface area contributed by atoms with Gasteiger partial charge in [-0.1, -0.05) is 27.7 Å². The maximum absolute atomic E-state index is 15.0. The molecule has 65 heavy (non-hydrogen) atoms. The number of fused-ring (bicyclic) bond motifs is 1. The van der Waals surface area contributed by atoms with E-state index in [1.807, 2.05) is 72.7 Å². The van der Waals surface area contributed by atoms with Crippen LogP contribution in [-0.4, -0.2) is 162 Å². The first-order chi connectivity index (χ1) is 30.5. The molecule has 370 valence electrons. The van der Waals surface area contributed by atoms with Gasteiger partial charge in [0.15, 0.2) is 18.2 Å². The Morgan fingerprint density at radius 1 is 0.908 bits per heavy atom. The number of carbonyl (C=O) groups is 3. The molecule has 5 rings (SSSR count). The molecule has 17 heteroatoms. The molecule has 0 amide bonds. The predicted molar refractivity (Wildman–Crippen MR) is 245 cm³/mol. The van der Waals surface area contributed by atoms with E-state index in [9.17, 15) is 19.8 Å². The van der Waals surface area contributed by atoms with Crippen LogP contribution in [0, 0.1) is 29.6 Å². The third-order valence-electron chi connectivity index (χ3n) is 14.9. The Morgan fingerprint density at radius 2 is 1.57 bits per heavy atom. The Kier molecular flexibility index (Phi) is 18.5. The van der Waals surface area contributed by atoms with E-state index >= 15 is 4.79 Å².